The van der Waals surface area contributed by atoms with Crippen molar-refractivity contribution in [3.05, 3.63) is 91.2 Å². The fraction of sp³-hybridized carbons (Fsp3) is 0.105. The molecule has 0 spiro atoms. The average Bonchev–Trinajstić information content (AvgIpc) is 3.46. The molecule has 1 amide bonds. The second kappa shape index (κ2) is 9.03. The minimum absolute atomic E-state index is 0.0213. The zero-order valence-electron chi connectivity index (χ0n) is 16.0. The first kappa shape index (κ1) is 21.9. The summed E-state index contributed by atoms with van der Waals surface area (Å²) in [6.07, 6.45) is 3.95. The van der Waals surface area contributed by atoms with Crippen molar-refractivity contribution in [1.82, 2.24) is 19.6 Å². The topological polar surface area (TPSA) is 121 Å². The molecule has 0 saturated carbocycles. The lowest BCUT2D eigenvalue weighted by molar-refractivity contribution is -0.385. The Morgan fingerprint density at radius 3 is 2.62 bits per heavy atom. The molecule has 0 unspecified atom stereocenters. The second-order valence-corrected chi connectivity index (χ2v) is 7.88. The van der Waals surface area contributed by atoms with Crippen molar-refractivity contribution < 1.29 is 14.1 Å². The molecular formula is C19H13Cl3N6O4. The number of carbonyl (C=O) groups excluding carboxylic acids is 1. The molecule has 0 aliphatic rings. The molecule has 4 aromatic rings. The molecule has 0 atom stereocenters. The zero-order chi connectivity index (χ0) is 22.8. The molecule has 32 heavy (non-hydrogen) atoms. The lowest BCUT2D eigenvalue weighted by atomic mass is 10.2. The van der Waals surface area contributed by atoms with E-state index < -0.39 is 10.8 Å². The van der Waals surface area contributed by atoms with E-state index in [4.69, 9.17) is 39.2 Å². The maximum Gasteiger partial charge on any atom is 0.307 e. The zero-order valence-corrected chi connectivity index (χ0v) is 18.3. The van der Waals surface area contributed by atoms with Gasteiger partial charge in [0.05, 0.1) is 18.0 Å². The Morgan fingerprint density at radius 2 is 1.91 bits per heavy atom. The van der Waals surface area contributed by atoms with Crippen molar-refractivity contribution in [2.45, 2.75) is 13.1 Å². The van der Waals surface area contributed by atoms with Crippen molar-refractivity contribution in [3.63, 3.8) is 0 Å². The summed E-state index contributed by atoms with van der Waals surface area (Å²) < 4.78 is 8.38. The molecule has 0 saturated heterocycles. The average molecular weight is 496 g/mol. The van der Waals surface area contributed by atoms with Crippen LogP contribution in [0.2, 0.25) is 15.1 Å². The van der Waals surface area contributed by atoms with Gasteiger partial charge in [-0.2, -0.15) is 10.2 Å². The number of nitro groups is 1. The Hall–Kier alpha value is -3.34. The van der Waals surface area contributed by atoms with Crippen LogP contribution < -0.4 is 5.32 Å². The van der Waals surface area contributed by atoms with Crippen molar-refractivity contribution >= 4 is 52.2 Å². The third-order valence-corrected chi connectivity index (χ3v) is 5.19. The molecule has 3 aromatic heterocycles. The van der Waals surface area contributed by atoms with Crippen LogP contribution in [0.1, 0.15) is 21.9 Å². The van der Waals surface area contributed by atoms with Gasteiger partial charge in [0.25, 0.3) is 5.91 Å². The predicted octanol–water partition coefficient (Wildman–Crippen LogP) is 4.89. The van der Waals surface area contributed by atoms with E-state index in [0.717, 1.165) is 11.8 Å². The number of nitrogens with zero attached hydrogens (tertiary/aromatic N) is 5. The van der Waals surface area contributed by atoms with Gasteiger partial charge in [0.15, 0.2) is 11.6 Å². The van der Waals surface area contributed by atoms with Crippen LogP contribution in [0.5, 0.6) is 0 Å². The molecule has 0 bridgehead atoms. The molecule has 0 aliphatic carbocycles. The van der Waals surface area contributed by atoms with Gasteiger partial charge in [0.2, 0.25) is 0 Å². The van der Waals surface area contributed by atoms with E-state index in [1.165, 1.54) is 21.6 Å². The molecule has 0 fully saturated rings. The first-order valence-electron chi connectivity index (χ1n) is 9.02. The summed E-state index contributed by atoms with van der Waals surface area (Å²) in [6, 6.07) is 8.16. The molecule has 3 heterocycles. The smallest absolute Gasteiger partial charge is 0.307 e. The van der Waals surface area contributed by atoms with Crippen LogP contribution in [0, 0.1) is 10.1 Å². The fourth-order valence-electron chi connectivity index (χ4n) is 2.83. The Bertz CT molecular complexity index is 1310. The van der Waals surface area contributed by atoms with Gasteiger partial charge in [-0.25, -0.2) is 0 Å². The van der Waals surface area contributed by atoms with Crippen molar-refractivity contribution in [2.24, 2.45) is 0 Å². The number of carbonyl (C=O) groups is 1. The molecule has 10 nitrogen and oxygen atoms in total. The van der Waals surface area contributed by atoms with E-state index in [1.54, 1.807) is 30.5 Å². The predicted molar refractivity (Wildman–Crippen MR) is 117 cm³/mol. The molecule has 0 aliphatic heterocycles. The van der Waals surface area contributed by atoms with Crippen LogP contribution in [0.15, 0.2) is 53.3 Å². The van der Waals surface area contributed by atoms with Gasteiger partial charge in [-0.1, -0.05) is 40.9 Å². The standard InChI is InChI=1S/C19H13Cl3N6O4/c20-12-2-1-11(15(21)5-12)7-27-10-16(22)18(25-27)24-19(29)17-4-3-14(32-17)9-26-8-13(6-23-26)28(30)31/h1-6,8,10H,7,9H2,(H,24,25,29). The number of anilines is 1. The third kappa shape index (κ3) is 4.93. The highest BCUT2D eigenvalue weighted by atomic mass is 35.5. The maximum atomic E-state index is 12.5. The normalized spacial score (nSPS) is 11.0. The number of hydrogen-bond acceptors (Lipinski definition) is 6. The Balaban J connectivity index is 1.42. The molecule has 1 aromatic carbocycles. The van der Waals surface area contributed by atoms with Gasteiger partial charge in [-0.05, 0) is 29.8 Å². The number of hydrogen-bond donors (Lipinski definition) is 1. The van der Waals surface area contributed by atoms with Crippen LogP contribution in [0.3, 0.4) is 0 Å². The van der Waals surface area contributed by atoms with E-state index in [9.17, 15) is 14.9 Å². The highest BCUT2D eigenvalue weighted by Gasteiger charge is 2.17. The quantitative estimate of drug-likeness (QED) is 0.288. The minimum atomic E-state index is -0.556. The van der Waals surface area contributed by atoms with Crippen LogP contribution in [-0.4, -0.2) is 30.4 Å². The second-order valence-electron chi connectivity index (χ2n) is 6.63. The van der Waals surface area contributed by atoms with E-state index in [2.05, 4.69) is 15.5 Å². The number of aromatic nitrogens is 4. The first-order valence-corrected chi connectivity index (χ1v) is 10.2. The van der Waals surface area contributed by atoms with E-state index in [1.807, 2.05) is 0 Å². The summed E-state index contributed by atoms with van der Waals surface area (Å²) in [5.74, 6) is 0.0111. The van der Waals surface area contributed by atoms with Gasteiger partial charge >= 0.3 is 5.69 Å². The van der Waals surface area contributed by atoms with E-state index >= 15 is 0 Å². The van der Waals surface area contributed by atoms with Crippen molar-refractivity contribution in [3.8, 4) is 0 Å². The Morgan fingerprint density at radius 1 is 1.09 bits per heavy atom. The maximum absolute atomic E-state index is 12.5. The number of halogens is 3. The van der Waals surface area contributed by atoms with Gasteiger partial charge in [-0.3, -0.25) is 24.3 Å². The number of amides is 1. The molecular weight excluding hydrogens is 483 g/mol. The molecule has 0 radical (unpaired) electrons. The Labute approximate surface area is 195 Å². The highest BCUT2D eigenvalue weighted by Crippen LogP contribution is 2.25. The lowest BCUT2D eigenvalue weighted by Gasteiger charge is -2.05. The van der Waals surface area contributed by atoms with E-state index in [0.29, 0.717) is 22.4 Å². The summed E-state index contributed by atoms with van der Waals surface area (Å²) in [4.78, 5) is 22.7. The van der Waals surface area contributed by atoms with Gasteiger partial charge < -0.3 is 9.73 Å². The monoisotopic (exact) mass is 494 g/mol. The first-order chi connectivity index (χ1) is 15.3. The van der Waals surface area contributed by atoms with Crippen LogP contribution in [-0.2, 0) is 13.1 Å². The number of nitrogens with one attached hydrogen (secondary N) is 1. The summed E-state index contributed by atoms with van der Waals surface area (Å²) in [5.41, 5.74) is 0.641. The third-order valence-electron chi connectivity index (χ3n) is 4.33. The van der Waals surface area contributed by atoms with Crippen LogP contribution >= 0.6 is 34.8 Å². The SMILES string of the molecule is O=C(Nc1nn(Cc2ccc(Cl)cc2Cl)cc1Cl)c1ccc(Cn2cc([N+](=O)[O-])cn2)o1. The molecule has 4 rings (SSSR count). The summed E-state index contributed by atoms with van der Waals surface area (Å²) in [5, 5.41) is 22.7. The number of furan rings is 1. The Kier molecular flexibility index (Phi) is 6.17. The largest absolute Gasteiger partial charge is 0.454 e. The van der Waals surface area contributed by atoms with Crippen molar-refractivity contribution in [1.29, 1.82) is 0 Å². The number of rotatable bonds is 7. The summed E-state index contributed by atoms with van der Waals surface area (Å²) >= 11 is 18.3. The van der Waals surface area contributed by atoms with Crippen LogP contribution in [0.4, 0.5) is 11.5 Å². The van der Waals surface area contributed by atoms with Gasteiger partial charge in [0.1, 0.15) is 23.2 Å². The summed E-state index contributed by atoms with van der Waals surface area (Å²) in [7, 11) is 0. The lowest BCUT2D eigenvalue weighted by Crippen LogP contribution is -2.12. The van der Waals surface area contributed by atoms with E-state index in [-0.39, 0.29) is 28.8 Å². The highest BCUT2D eigenvalue weighted by molar-refractivity contribution is 6.35. The summed E-state index contributed by atoms with van der Waals surface area (Å²) in [6.45, 7) is 0.449. The number of benzene rings is 1. The molecule has 13 heteroatoms. The minimum Gasteiger partial charge on any atom is -0.454 e. The molecule has 164 valence electrons. The van der Waals surface area contributed by atoms with Crippen LogP contribution in [0.25, 0.3) is 0 Å². The van der Waals surface area contributed by atoms with Crippen molar-refractivity contribution in [2.75, 3.05) is 5.32 Å². The van der Waals surface area contributed by atoms with Gasteiger partial charge in [0, 0.05) is 16.2 Å². The van der Waals surface area contributed by atoms with Gasteiger partial charge in [-0.15, -0.1) is 0 Å². The fourth-order valence-corrected chi connectivity index (χ4v) is 3.50. The molecule has 1 N–H and O–H groups in total.